The van der Waals surface area contributed by atoms with Gasteiger partial charge in [0.15, 0.2) is 5.75 Å². The van der Waals surface area contributed by atoms with Crippen LogP contribution in [0, 0.1) is 0 Å². The number of sulfonamides is 1. The van der Waals surface area contributed by atoms with Gasteiger partial charge in [0.25, 0.3) is 10.0 Å². The number of rotatable bonds is 8. The van der Waals surface area contributed by atoms with Crippen LogP contribution in [-0.4, -0.2) is 21.4 Å². The van der Waals surface area contributed by atoms with Gasteiger partial charge in [-0.15, -0.1) is 0 Å². The molecule has 3 rings (SSSR count). The normalized spacial score (nSPS) is 11.6. The lowest BCUT2D eigenvalue weighted by Gasteiger charge is -2.16. The van der Waals surface area contributed by atoms with Crippen molar-refractivity contribution in [3.8, 4) is 17.2 Å². The lowest BCUT2D eigenvalue weighted by molar-refractivity contribution is -0.137. The van der Waals surface area contributed by atoms with Gasteiger partial charge in [-0.3, -0.25) is 9.52 Å². The molecule has 0 unspecified atom stereocenters. The quantitative estimate of drug-likeness (QED) is 0.463. The summed E-state index contributed by atoms with van der Waals surface area (Å²) in [6.45, 7) is 1.55. The highest BCUT2D eigenvalue weighted by Gasteiger charge is 2.32. The minimum atomic E-state index is -4.69. The first-order chi connectivity index (χ1) is 16.0. The molecule has 0 fully saturated rings. The Kier molecular flexibility index (Phi) is 7.35. The number of carbonyl (C=O) groups excluding carboxylic acids is 1. The van der Waals surface area contributed by atoms with Gasteiger partial charge in [-0.05, 0) is 48.0 Å². The van der Waals surface area contributed by atoms with Crippen LogP contribution >= 0.6 is 0 Å². The number of hydrogen-bond donors (Lipinski definition) is 2. The average Bonchev–Trinajstić information content (AvgIpc) is 2.78. The molecule has 3 aromatic carbocycles. The smallest absolute Gasteiger partial charge is 0.416 e. The zero-order valence-electron chi connectivity index (χ0n) is 18.1. The lowest BCUT2D eigenvalue weighted by atomic mass is 10.2. The van der Waals surface area contributed by atoms with E-state index in [2.05, 4.69) is 10.0 Å². The first-order valence-corrected chi connectivity index (χ1v) is 11.4. The second kappa shape index (κ2) is 10.0. The number of halogens is 3. The Labute approximate surface area is 194 Å². The second-order valence-corrected chi connectivity index (χ2v) is 8.83. The molecule has 0 spiro atoms. The third-order valence-corrected chi connectivity index (χ3v) is 5.98. The largest absolute Gasteiger partial charge is 0.497 e. The van der Waals surface area contributed by atoms with E-state index in [-0.39, 0.29) is 34.5 Å². The van der Waals surface area contributed by atoms with Crippen molar-refractivity contribution in [3.63, 3.8) is 0 Å². The van der Waals surface area contributed by atoms with Crippen molar-refractivity contribution in [1.82, 2.24) is 5.32 Å². The Morgan fingerprint density at radius 2 is 1.65 bits per heavy atom. The fourth-order valence-corrected chi connectivity index (χ4v) is 3.94. The monoisotopic (exact) mass is 494 g/mol. The average molecular weight is 494 g/mol. The topological polar surface area (TPSA) is 93.7 Å². The summed E-state index contributed by atoms with van der Waals surface area (Å²) in [6.07, 6.45) is -4.69. The number of methoxy groups -OCH3 is 1. The Bertz CT molecular complexity index is 1280. The molecule has 7 nitrogen and oxygen atoms in total. The van der Waals surface area contributed by atoms with Crippen LogP contribution in [0.4, 0.5) is 18.9 Å². The molecule has 2 N–H and O–H groups in total. The van der Waals surface area contributed by atoms with E-state index in [1.165, 1.54) is 44.4 Å². The molecule has 0 aromatic heterocycles. The number of benzene rings is 3. The predicted molar refractivity (Wildman–Crippen MR) is 119 cm³/mol. The zero-order chi connectivity index (χ0) is 24.9. The number of hydrogen-bond acceptors (Lipinski definition) is 5. The highest BCUT2D eigenvalue weighted by Crippen LogP contribution is 2.38. The molecule has 0 saturated heterocycles. The Morgan fingerprint density at radius 1 is 0.971 bits per heavy atom. The molecule has 0 atom stereocenters. The number of carbonyl (C=O) groups is 1. The molecular weight excluding hydrogens is 473 g/mol. The van der Waals surface area contributed by atoms with Crippen molar-refractivity contribution < 1.29 is 35.9 Å². The van der Waals surface area contributed by atoms with Gasteiger partial charge < -0.3 is 14.8 Å². The minimum Gasteiger partial charge on any atom is -0.497 e. The highest BCUT2D eigenvalue weighted by atomic mass is 32.2. The van der Waals surface area contributed by atoms with Gasteiger partial charge >= 0.3 is 6.18 Å². The van der Waals surface area contributed by atoms with Crippen molar-refractivity contribution in [2.24, 2.45) is 0 Å². The molecule has 34 heavy (non-hydrogen) atoms. The van der Waals surface area contributed by atoms with Crippen molar-refractivity contribution in [1.29, 1.82) is 0 Å². The van der Waals surface area contributed by atoms with E-state index in [0.717, 1.165) is 12.1 Å². The summed E-state index contributed by atoms with van der Waals surface area (Å²) in [4.78, 5) is 10.9. The molecule has 3 aromatic rings. The predicted octanol–water partition coefficient (Wildman–Crippen LogP) is 4.94. The Morgan fingerprint density at radius 3 is 2.26 bits per heavy atom. The first kappa shape index (κ1) is 24.9. The molecule has 0 saturated carbocycles. The lowest BCUT2D eigenvalue weighted by Crippen LogP contribution is -2.19. The van der Waals surface area contributed by atoms with E-state index in [1.807, 2.05) is 0 Å². The van der Waals surface area contributed by atoms with E-state index in [4.69, 9.17) is 9.47 Å². The van der Waals surface area contributed by atoms with E-state index in [9.17, 15) is 26.4 Å². The molecule has 0 aliphatic heterocycles. The second-order valence-electron chi connectivity index (χ2n) is 7.15. The Hall–Kier alpha value is -3.73. The summed E-state index contributed by atoms with van der Waals surface area (Å²) < 4.78 is 78.6. The van der Waals surface area contributed by atoms with E-state index in [1.54, 1.807) is 18.2 Å². The summed E-state index contributed by atoms with van der Waals surface area (Å²) in [5.74, 6) is 0.311. The van der Waals surface area contributed by atoms with Gasteiger partial charge in [-0.1, -0.05) is 18.2 Å². The summed E-state index contributed by atoms with van der Waals surface area (Å²) in [5, 5.41) is 2.58. The molecule has 180 valence electrons. The van der Waals surface area contributed by atoms with Crippen molar-refractivity contribution in [2.45, 2.75) is 24.5 Å². The fourth-order valence-electron chi connectivity index (χ4n) is 2.88. The molecule has 11 heteroatoms. The van der Waals surface area contributed by atoms with Crippen LogP contribution in [0.3, 0.4) is 0 Å². The van der Waals surface area contributed by atoms with Crippen molar-refractivity contribution in [2.75, 3.05) is 11.8 Å². The van der Waals surface area contributed by atoms with E-state index >= 15 is 0 Å². The van der Waals surface area contributed by atoms with Crippen LogP contribution < -0.4 is 19.5 Å². The molecular formula is C23H21F3N2O5S. The fraction of sp³-hybridized carbons (Fsp3) is 0.174. The molecule has 0 radical (unpaired) electrons. The molecule has 0 bridgehead atoms. The van der Waals surface area contributed by atoms with Gasteiger partial charge in [0.2, 0.25) is 5.91 Å². The van der Waals surface area contributed by atoms with Crippen molar-refractivity contribution in [3.05, 3.63) is 77.9 Å². The van der Waals surface area contributed by atoms with Crippen LogP contribution in [0.15, 0.2) is 71.6 Å². The number of nitrogens with one attached hydrogen (secondary N) is 2. The Balaban J connectivity index is 1.93. The van der Waals surface area contributed by atoms with Gasteiger partial charge in [0.05, 0.1) is 23.3 Å². The molecule has 1 amide bonds. The number of ether oxygens (including phenoxy) is 2. The van der Waals surface area contributed by atoms with E-state index in [0.29, 0.717) is 17.4 Å². The maximum Gasteiger partial charge on any atom is 0.416 e. The van der Waals surface area contributed by atoms with Crippen LogP contribution in [0.2, 0.25) is 0 Å². The van der Waals surface area contributed by atoms with E-state index < -0.39 is 21.8 Å². The van der Waals surface area contributed by atoms with Crippen LogP contribution in [0.5, 0.6) is 17.2 Å². The molecule has 0 aliphatic rings. The maximum absolute atomic E-state index is 13.3. The molecule has 0 aliphatic carbocycles. The number of amides is 1. The van der Waals surface area contributed by atoms with Gasteiger partial charge in [-0.2, -0.15) is 13.2 Å². The zero-order valence-corrected chi connectivity index (χ0v) is 19.0. The summed E-state index contributed by atoms with van der Waals surface area (Å²) in [7, 11) is -2.82. The van der Waals surface area contributed by atoms with Gasteiger partial charge in [-0.25, -0.2) is 8.42 Å². The summed E-state index contributed by atoms with van der Waals surface area (Å²) in [5.41, 5.74) is -0.788. The third kappa shape index (κ3) is 6.41. The minimum absolute atomic E-state index is 0.132. The third-order valence-electron chi connectivity index (χ3n) is 4.60. The van der Waals surface area contributed by atoms with Crippen LogP contribution in [0.1, 0.15) is 18.1 Å². The molecule has 0 heterocycles. The van der Waals surface area contributed by atoms with Gasteiger partial charge in [0, 0.05) is 19.5 Å². The van der Waals surface area contributed by atoms with Crippen molar-refractivity contribution >= 4 is 21.6 Å². The van der Waals surface area contributed by atoms with Crippen LogP contribution in [-0.2, 0) is 27.5 Å². The summed E-state index contributed by atoms with van der Waals surface area (Å²) in [6, 6.07) is 14.4. The number of alkyl halides is 3. The van der Waals surface area contributed by atoms with Crippen LogP contribution in [0.25, 0.3) is 0 Å². The number of anilines is 1. The first-order valence-electron chi connectivity index (χ1n) is 9.87. The summed E-state index contributed by atoms with van der Waals surface area (Å²) >= 11 is 0. The maximum atomic E-state index is 13.3. The van der Waals surface area contributed by atoms with Gasteiger partial charge in [0.1, 0.15) is 11.5 Å². The standard InChI is InChI=1S/C23H21F3N2O5S/c1-15(29)27-14-16-6-9-20(10-7-16)34(30,31)28-21-12-17(23(24,25)26)8-11-22(21)33-19-5-3-4-18(13-19)32-2/h3-13,28H,14H2,1-2H3,(H,27,29). The highest BCUT2D eigenvalue weighted by molar-refractivity contribution is 7.92. The SMILES string of the molecule is COc1cccc(Oc2ccc(C(F)(F)F)cc2NS(=O)(=O)c2ccc(CNC(C)=O)cc2)c1.